The average Bonchev–Trinajstić information content (AvgIpc) is 3.14. The van der Waals surface area contributed by atoms with Crippen LogP contribution in [0.25, 0.3) is 10.2 Å². The van der Waals surface area contributed by atoms with Gasteiger partial charge >= 0.3 is 0 Å². The number of hydrogen-bond acceptors (Lipinski definition) is 6. The molecular formula is C21H22ClN3O3S2. The van der Waals surface area contributed by atoms with E-state index in [1.807, 2.05) is 12.1 Å². The van der Waals surface area contributed by atoms with E-state index in [4.69, 9.17) is 11.6 Å². The molecule has 1 N–H and O–H groups in total. The number of thiazole rings is 1. The lowest BCUT2D eigenvalue weighted by Crippen LogP contribution is -2.39. The van der Waals surface area contributed by atoms with E-state index in [0.29, 0.717) is 34.7 Å². The number of ketones is 1. The summed E-state index contributed by atoms with van der Waals surface area (Å²) in [6.07, 6.45) is 1.89. The Bertz CT molecular complexity index is 1190. The molecule has 0 amide bonds. The zero-order chi connectivity index (χ0) is 21.3. The number of fused-ring (bicyclic) bond motifs is 1. The Kier molecular flexibility index (Phi) is 6.11. The van der Waals surface area contributed by atoms with Crippen molar-refractivity contribution in [3.63, 3.8) is 0 Å². The van der Waals surface area contributed by atoms with Crippen LogP contribution in [-0.4, -0.2) is 43.1 Å². The summed E-state index contributed by atoms with van der Waals surface area (Å²) in [4.78, 5) is 17.3. The molecule has 2 aromatic carbocycles. The molecule has 3 aromatic rings. The van der Waals surface area contributed by atoms with Gasteiger partial charge in [-0.25, -0.2) is 13.4 Å². The first-order chi connectivity index (χ1) is 14.3. The van der Waals surface area contributed by atoms with E-state index in [1.165, 1.54) is 21.7 Å². The van der Waals surface area contributed by atoms with Gasteiger partial charge in [-0.3, -0.25) is 4.79 Å². The minimum atomic E-state index is -3.60. The maximum atomic E-state index is 13.0. The van der Waals surface area contributed by atoms with Gasteiger partial charge in [-0.1, -0.05) is 42.0 Å². The van der Waals surface area contributed by atoms with Crippen molar-refractivity contribution in [3.05, 3.63) is 53.1 Å². The highest BCUT2D eigenvalue weighted by molar-refractivity contribution is 7.89. The van der Waals surface area contributed by atoms with Crippen LogP contribution in [0.5, 0.6) is 0 Å². The van der Waals surface area contributed by atoms with Crippen LogP contribution in [0.15, 0.2) is 47.4 Å². The highest BCUT2D eigenvalue weighted by atomic mass is 35.5. The van der Waals surface area contributed by atoms with Crippen molar-refractivity contribution in [2.75, 3.05) is 25.0 Å². The smallest absolute Gasteiger partial charge is 0.243 e. The number of carbonyl (C=O) groups is 1. The van der Waals surface area contributed by atoms with E-state index < -0.39 is 10.0 Å². The number of piperidine rings is 1. The number of nitrogens with one attached hydrogen (secondary N) is 1. The van der Waals surface area contributed by atoms with Crippen LogP contribution in [-0.2, 0) is 10.0 Å². The Hall–Kier alpha value is -2.00. The van der Waals surface area contributed by atoms with E-state index in [1.54, 1.807) is 24.3 Å². The van der Waals surface area contributed by atoms with Gasteiger partial charge in [-0.05, 0) is 49.1 Å². The lowest BCUT2D eigenvalue weighted by Gasteiger charge is -2.30. The molecule has 1 aromatic heterocycles. The van der Waals surface area contributed by atoms with Gasteiger partial charge in [-0.2, -0.15) is 4.31 Å². The first-order valence-electron chi connectivity index (χ1n) is 9.76. The third-order valence-electron chi connectivity index (χ3n) is 5.16. The molecule has 30 heavy (non-hydrogen) atoms. The number of carbonyl (C=O) groups excluding carboxylic acids is 1. The van der Waals surface area contributed by atoms with Crippen molar-refractivity contribution >= 4 is 54.1 Å². The molecule has 0 saturated carbocycles. The monoisotopic (exact) mass is 463 g/mol. The molecule has 1 unspecified atom stereocenters. The Morgan fingerprint density at radius 1 is 1.30 bits per heavy atom. The maximum Gasteiger partial charge on any atom is 0.243 e. The van der Waals surface area contributed by atoms with Gasteiger partial charge in [0.25, 0.3) is 0 Å². The Morgan fingerprint density at radius 3 is 2.93 bits per heavy atom. The quantitative estimate of drug-likeness (QED) is 0.537. The largest absolute Gasteiger partial charge is 0.354 e. The summed E-state index contributed by atoms with van der Waals surface area (Å²) in [5, 5.41) is 4.29. The average molecular weight is 464 g/mol. The predicted molar refractivity (Wildman–Crippen MR) is 121 cm³/mol. The third-order valence-corrected chi connectivity index (χ3v) is 8.24. The Balaban J connectivity index is 1.48. The highest BCUT2D eigenvalue weighted by Gasteiger charge is 2.29. The number of Topliss-reactive ketones (excluding diaryl/α,β-unsaturated/α-hetero) is 1. The second kappa shape index (κ2) is 8.63. The molecule has 1 fully saturated rings. The first kappa shape index (κ1) is 21.2. The second-order valence-corrected chi connectivity index (χ2v) is 11.0. The Labute approximate surface area is 184 Å². The molecule has 0 aliphatic carbocycles. The van der Waals surface area contributed by atoms with Crippen LogP contribution in [0, 0.1) is 5.92 Å². The number of anilines is 1. The topological polar surface area (TPSA) is 79.4 Å². The summed E-state index contributed by atoms with van der Waals surface area (Å²) in [6.45, 7) is 3.12. The fourth-order valence-corrected chi connectivity index (χ4v) is 6.36. The minimum absolute atomic E-state index is 0.0256. The molecule has 2 heterocycles. The van der Waals surface area contributed by atoms with Gasteiger partial charge in [0.1, 0.15) is 0 Å². The van der Waals surface area contributed by atoms with E-state index in [-0.39, 0.29) is 17.2 Å². The summed E-state index contributed by atoms with van der Waals surface area (Å²) < 4.78 is 28.4. The van der Waals surface area contributed by atoms with Crippen LogP contribution in [0.4, 0.5) is 5.13 Å². The predicted octanol–water partition coefficient (Wildman–Crippen LogP) is 4.67. The fourth-order valence-electron chi connectivity index (χ4n) is 3.58. The summed E-state index contributed by atoms with van der Waals surface area (Å²) in [5.74, 6) is 0.141. The number of aromatic nitrogens is 1. The number of rotatable bonds is 6. The van der Waals surface area contributed by atoms with Crippen molar-refractivity contribution in [1.82, 2.24) is 9.29 Å². The zero-order valence-electron chi connectivity index (χ0n) is 16.5. The van der Waals surface area contributed by atoms with Crippen LogP contribution >= 0.6 is 22.9 Å². The summed E-state index contributed by atoms with van der Waals surface area (Å²) in [6, 6.07) is 11.7. The molecule has 9 heteroatoms. The van der Waals surface area contributed by atoms with Crippen molar-refractivity contribution in [2.24, 2.45) is 5.92 Å². The lowest BCUT2D eigenvalue weighted by atomic mass is 10.0. The SMILES string of the molecule is CC1CCCN(S(=O)(=O)c2cccc(C(=O)CNc3nc4ccc(Cl)cc4s3)c2)C1. The molecule has 1 aliphatic heterocycles. The van der Waals surface area contributed by atoms with Gasteiger partial charge < -0.3 is 5.32 Å². The van der Waals surface area contributed by atoms with Crippen molar-refractivity contribution < 1.29 is 13.2 Å². The Morgan fingerprint density at radius 2 is 2.13 bits per heavy atom. The maximum absolute atomic E-state index is 13.0. The molecule has 0 radical (unpaired) electrons. The highest BCUT2D eigenvalue weighted by Crippen LogP contribution is 2.28. The minimum Gasteiger partial charge on any atom is -0.354 e. The van der Waals surface area contributed by atoms with Crippen molar-refractivity contribution in [1.29, 1.82) is 0 Å². The molecule has 1 atom stereocenters. The number of nitrogens with zero attached hydrogens (tertiary/aromatic N) is 2. The van der Waals surface area contributed by atoms with Crippen molar-refractivity contribution in [3.8, 4) is 0 Å². The lowest BCUT2D eigenvalue weighted by molar-refractivity contribution is 0.101. The van der Waals surface area contributed by atoms with E-state index >= 15 is 0 Å². The van der Waals surface area contributed by atoms with Crippen LogP contribution in [0.1, 0.15) is 30.1 Å². The van der Waals surface area contributed by atoms with Crippen LogP contribution < -0.4 is 5.32 Å². The van der Waals surface area contributed by atoms with Gasteiger partial charge in [0.15, 0.2) is 10.9 Å². The number of halogens is 1. The molecular weight excluding hydrogens is 442 g/mol. The van der Waals surface area contributed by atoms with Gasteiger partial charge in [-0.15, -0.1) is 0 Å². The van der Waals surface area contributed by atoms with Crippen LogP contribution in [0.2, 0.25) is 5.02 Å². The molecule has 158 valence electrons. The second-order valence-electron chi connectivity index (χ2n) is 7.55. The molecule has 4 rings (SSSR count). The first-order valence-corrected chi connectivity index (χ1v) is 12.4. The molecule has 1 saturated heterocycles. The van der Waals surface area contributed by atoms with Gasteiger partial charge in [0.05, 0.1) is 21.7 Å². The van der Waals surface area contributed by atoms with E-state index in [2.05, 4.69) is 17.2 Å². The zero-order valence-corrected chi connectivity index (χ0v) is 18.9. The third kappa shape index (κ3) is 4.51. The molecule has 1 aliphatic rings. The molecule has 0 bridgehead atoms. The molecule has 0 spiro atoms. The fraction of sp³-hybridized carbons (Fsp3) is 0.333. The number of hydrogen-bond donors (Lipinski definition) is 1. The van der Waals surface area contributed by atoms with E-state index in [9.17, 15) is 13.2 Å². The standard InChI is InChI=1S/C21H22ClN3O3S2/c1-14-4-3-9-25(13-14)30(27,28)17-6-2-5-15(10-17)19(26)12-23-21-24-18-8-7-16(22)11-20(18)29-21/h2,5-8,10-11,14H,3-4,9,12-13H2,1H3,(H,23,24). The normalized spacial score (nSPS) is 17.9. The van der Waals surface area contributed by atoms with Crippen LogP contribution in [0.3, 0.4) is 0 Å². The van der Waals surface area contributed by atoms with Gasteiger partial charge in [0.2, 0.25) is 10.0 Å². The van der Waals surface area contributed by atoms with E-state index in [0.717, 1.165) is 23.1 Å². The van der Waals surface area contributed by atoms with Crippen molar-refractivity contribution in [2.45, 2.75) is 24.7 Å². The summed E-state index contributed by atoms with van der Waals surface area (Å²) in [7, 11) is -3.60. The summed E-state index contributed by atoms with van der Waals surface area (Å²) >= 11 is 7.42. The van der Waals surface area contributed by atoms with Gasteiger partial charge in [0, 0.05) is 23.7 Å². The summed E-state index contributed by atoms with van der Waals surface area (Å²) in [5.41, 5.74) is 1.17. The number of sulfonamides is 1. The molecule has 6 nitrogen and oxygen atoms in total. The number of benzene rings is 2.